The third-order valence-electron chi connectivity index (χ3n) is 5.43. The van der Waals surface area contributed by atoms with Gasteiger partial charge in [-0.1, -0.05) is 18.2 Å². The number of para-hydroxylation sites is 1. The van der Waals surface area contributed by atoms with E-state index in [1.165, 1.54) is 17.6 Å². The number of halogens is 1. The quantitative estimate of drug-likeness (QED) is 0.333. The number of allylic oxidation sites excluding steroid dienone is 1. The van der Waals surface area contributed by atoms with Crippen molar-refractivity contribution in [3.05, 3.63) is 39.6 Å². The van der Waals surface area contributed by atoms with Gasteiger partial charge in [-0.2, -0.15) is 13.5 Å². The van der Waals surface area contributed by atoms with Crippen molar-refractivity contribution in [2.24, 2.45) is 0 Å². The van der Waals surface area contributed by atoms with E-state index in [2.05, 4.69) is 21.9 Å². The monoisotopic (exact) mass is 583 g/mol. The molecule has 31 heavy (non-hydrogen) atoms. The summed E-state index contributed by atoms with van der Waals surface area (Å²) in [7, 11) is 0.00817. The van der Waals surface area contributed by atoms with Crippen LogP contribution in [0.1, 0.15) is 26.7 Å². The van der Waals surface area contributed by atoms with Crippen molar-refractivity contribution in [3.8, 4) is 0 Å². The number of hydrogen-bond donors (Lipinski definition) is 1. The number of rotatable bonds is 3. The maximum atomic E-state index is 12.3. The third kappa shape index (κ3) is 4.80. The number of fused-ring (bicyclic) bond motifs is 3. The predicted octanol–water partition coefficient (Wildman–Crippen LogP) is 2.99. The topological polar surface area (TPSA) is 88.5 Å². The molecule has 0 aromatic heterocycles. The van der Waals surface area contributed by atoms with Crippen LogP contribution in [0.3, 0.4) is 0 Å². The van der Waals surface area contributed by atoms with Crippen molar-refractivity contribution in [3.63, 3.8) is 0 Å². The molecule has 2 saturated heterocycles. The van der Waals surface area contributed by atoms with Crippen LogP contribution in [-0.4, -0.2) is 61.3 Å². The zero-order chi connectivity index (χ0) is 22.8. The first-order valence-corrected chi connectivity index (χ1v) is 11.8. The van der Waals surface area contributed by atoms with Gasteiger partial charge in [0.15, 0.2) is 5.78 Å². The molecule has 8 nitrogen and oxygen atoms in total. The first kappa shape index (κ1) is 22.1. The summed E-state index contributed by atoms with van der Waals surface area (Å²) in [5, 5.41) is 3.50. The Morgan fingerprint density at radius 3 is 2.97 bits per heavy atom. The lowest BCUT2D eigenvalue weighted by atomic mass is 10.1. The van der Waals surface area contributed by atoms with E-state index in [9.17, 15) is 9.59 Å². The number of benzene rings is 1. The number of ether oxygens (including phenoxy) is 1. The van der Waals surface area contributed by atoms with Gasteiger partial charge in [0, 0.05) is 26.8 Å². The SMILES string of the molecule is S.[2H]CC1OC(N2C=C(I)C(=O)CC2=O)CC1O[P@@]1OC[C@@H]2Cc3ccccc3N21.[3H]OC. The Labute approximate surface area is 206 Å². The van der Waals surface area contributed by atoms with Crippen LogP contribution in [-0.2, 0) is 29.8 Å². The number of nitrogens with zero attached hydrogens (tertiary/aromatic N) is 2. The minimum atomic E-state index is -1.28. The number of hydrogen-bond acceptors (Lipinski definition) is 7. The Hall–Kier alpha value is -0.750. The van der Waals surface area contributed by atoms with Gasteiger partial charge < -0.3 is 23.6 Å². The van der Waals surface area contributed by atoms with Crippen molar-refractivity contribution >= 4 is 62.0 Å². The molecule has 5 atom stereocenters. The zero-order valence-electron chi connectivity index (χ0n) is 18.9. The van der Waals surface area contributed by atoms with Gasteiger partial charge in [-0.3, -0.25) is 14.5 Å². The van der Waals surface area contributed by atoms with Crippen LogP contribution < -0.4 is 4.67 Å². The van der Waals surface area contributed by atoms with Crippen molar-refractivity contribution in [1.82, 2.24) is 4.90 Å². The van der Waals surface area contributed by atoms with Gasteiger partial charge >= 0.3 is 0 Å². The minimum absolute atomic E-state index is 0. The van der Waals surface area contributed by atoms with Gasteiger partial charge in [0.2, 0.25) is 7.34 Å². The minimum Gasteiger partial charge on any atom is -0.400 e. The fraction of sp³-hybridized carbons (Fsp3) is 0.500. The molecule has 1 aromatic carbocycles. The lowest BCUT2D eigenvalue weighted by Gasteiger charge is -2.28. The van der Waals surface area contributed by atoms with Gasteiger partial charge in [0.25, 0.3) is 8.53 Å². The molecule has 5 rings (SSSR count). The molecule has 2 fully saturated rings. The summed E-state index contributed by atoms with van der Waals surface area (Å²) in [6.45, 7) is 0.655. The van der Waals surface area contributed by atoms with Crippen LogP contribution in [0.25, 0.3) is 0 Å². The summed E-state index contributed by atoms with van der Waals surface area (Å²) in [4.78, 5) is 25.6. The molecule has 1 amide bonds. The molecule has 0 saturated carbocycles. The molecular weight excluding hydrogens is 554 g/mol. The van der Waals surface area contributed by atoms with Crippen molar-refractivity contribution < 1.29 is 29.9 Å². The van der Waals surface area contributed by atoms with Crippen molar-refractivity contribution in [2.75, 3.05) is 18.4 Å². The van der Waals surface area contributed by atoms with E-state index in [-0.39, 0.29) is 50.7 Å². The summed E-state index contributed by atoms with van der Waals surface area (Å²) in [6.07, 6.45) is 1.49. The molecule has 4 aliphatic heterocycles. The summed E-state index contributed by atoms with van der Waals surface area (Å²) < 4.78 is 34.6. The first-order chi connectivity index (χ1) is 15.5. The predicted molar refractivity (Wildman–Crippen MR) is 130 cm³/mol. The van der Waals surface area contributed by atoms with Crippen LogP contribution >= 0.6 is 44.6 Å². The Morgan fingerprint density at radius 2 is 2.19 bits per heavy atom. The van der Waals surface area contributed by atoms with Crippen LogP contribution in [0.2, 0.25) is 0 Å². The molecule has 0 spiro atoms. The molecule has 0 radical (unpaired) electrons. The first-order valence-electron chi connectivity index (χ1n) is 10.7. The maximum absolute atomic E-state index is 12.3. The number of carbonyl (C=O) groups is 2. The van der Waals surface area contributed by atoms with Crippen LogP contribution in [0, 0.1) is 0 Å². The van der Waals surface area contributed by atoms with Gasteiger partial charge in [-0.15, -0.1) is 0 Å². The van der Waals surface area contributed by atoms with E-state index in [1.807, 2.05) is 34.7 Å². The molecule has 3 unspecified atom stereocenters. The number of aliphatic hydroxyl groups is 1. The smallest absolute Gasteiger partial charge is 0.290 e. The van der Waals surface area contributed by atoms with E-state index in [4.69, 9.17) is 16.6 Å². The van der Waals surface area contributed by atoms with Gasteiger partial charge in [0.05, 0.1) is 34.9 Å². The van der Waals surface area contributed by atoms with Gasteiger partial charge in [-0.05, 0) is 47.5 Å². The number of anilines is 1. The molecular formula is C20H26IN2O6PS. The Bertz CT molecular complexity index is 915. The van der Waals surface area contributed by atoms with E-state index >= 15 is 0 Å². The fourth-order valence-corrected chi connectivity index (χ4v) is 6.33. The summed E-state index contributed by atoms with van der Waals surface area (Å²) in [5.41, 5.74) is 2.46. The highest BCUT2D eigenvalue weighted by Crippen LogP contribution is 2.58. The lowest BCUT2D eigenvalue weighted by Crippen LogP contribution is -2.40. The normalized spacial score (nSPS) is 32.3. The highest BCUT2D eigenvalue weighted by atomic mass is 127. The summed E-state index contributed by atoms with van der Waals surface area (Å²) in [5.74, 6) is -0.447. The molecule has 0 bridgehead atoms. The third-order valence-corrected chi connectivity index (χ3v) is 8.02. The molecule has 11 heteroatoms. The molecule has 1 N–H and O–H groups in total. The molecule has 170 valence electrons. The highest BCUT2D eigenvalue weighted by Gasteiger charge is 2.47. The van der Waals surface area contributed by atoms with Crippen molar-refractivity contribution in [2.45, 2.75) is 50.6 Å². The van der Waals surface area contributed by atoms with Gasteiger partial charge in [0.1, 0.15) is 6.23 Å². The standard InChI is InChI=1S/C19H20IN2O5P.CH4O.H2S/c1-11-17(8-19(26-11)21-9-14(20)16(23)7-18(21)24)27-28-22-13(10-25-28)6-12-4-2-3-5-15(12)22;1-2;/h2-5,9,11,13,17,19H,6-8,10H2,1H3;2H,1H3;1H2/t11?,13-,17?,19?,28+;;/m0../s1/i1D;2T;. The second kappa shape index (κ2) is 10.5. The average Bonchev–Trinajstić information content (AvgIpc) is 3.45. The Kier molecular flexibility index (Phi) is 7.44. The van der Waals surface area contributed by atoms with Crippen LogP contribution in [0.15, 0.2) is 34.0 Å². The number of amides is 1. The summed E-state index contributed by atoms with van der Waals surface area (Å²) in [6, 6.07) is 8.58. The highest BCUT2D eigenvalue weighted by molar-refractivity contribution is 14.1. The lowest BCUT2D eigenvalue weighted by molar-refractivity contribution is -0.142. The Morgan fingerprint density at radius 1 is 1.42 bits per heavy atom. The van der Waals surface area contributed by atoms with Crippen LogP contribution in [0.5, 0.6) is 0 Å². The van der Waals surface area contributed by atoms with E-state index < -0.39 is 20.9 Å². The number of Topliss-reactive ketones (excluding diaryl/α,β-unsaturated/α-hetero) is 1. The van der Waals surface area contributed by atoms with Crippen LogP contribution in [0.4, 0.5) is 5.69 Å². The number of aliphatic hydroxyl groups excluding tert-OH is 1. The largest absolute Gasteiger partial charge is 0.400 e. The Balaban J connectivity index is 0.000000728. The zero-order valence-corrected chi connectivity index (χ0v) is 21.0. The second-order valence-corrected chi connectivity index (χ2v) is 9.79. The molecule has 1 aromatic rings. The molecule has 4 aliphatic rings. The molecule has 0 aliphatic carbocycles. The average molecular weight is 583 g/mol. The van der Waals surface area contributed by atoms with Gasteiger partial charge in [-0.25, -0.2) is 0 Å². The number of ketones is 1. The number of carbonyl (C=O) groups excluding carboxylic acids is 2. The fourth-order valence-electron chi connectivity index (χ4n) is 4.01. The molecule has 4 heterocycles. The summed E-state index contributed by atoms with van der Waals surface area (Å²) >= 11 is 1.94. The van der Waals surface area contributed by atoms with Crippen molar-refractivity contribution in [1.29, 1.82) is 1.43 Å². The van der Waals surface area contributed by atoms with E-state index in [1.54, 1.807) is 6.20 Å². The maximum Gasteiger partial charge on any atom is 0.290 e. The van der Waals surface area contributed by atoms with E-state index in [0.29, 0.717) is 16.6 Å². The second-order valence-electron chi connectivity index (χ2n) is 7.25. The van der Waals surface area contributed by atoms with E-state index in [0.717, 1.165) is 12.1 Å².